The molecule has 10 nitrogen and oxygen atoms in total. The number of urea groups is 1. The van der Waals surface area contributed by atoms with Gasteiger partial charge in [-0.15, -0.1) is 0 Å². The fourth-order valence-electron chi connectivity index (χ4n) is 6.08. The number of ether oxygens (including phenoxy) is 2. The van der Waals surface area contributed by atoms with Gasteiger partial charge in [-0.3, -0.25) is 4.90 Å². The number of aromatic nitrogens is 2. The summed E-state index contributed by atoms with van der Waals surface area (Å²) in [4.78, 5) is 25.5. The number of nitrogens with one attached hydrogen (secondary N) is 2. The Hall–Kier alpha value is -4.35. The first-order chi connectivity index (χ1) is 22.6. The van der Waals surface area contributed by atoms with Crippen LogP contribution in [0.4, 0.5) is 10.7 Å². The minimum Gasteiger partial charge on any atom is -0.392 e. The lowest BCUT2D eigenvalue weighted by Gasteiger charge is -2.40. The summed E-state index contributed by atoms with van der Waals surface area (Å²) < 4.78 is 13.2. The number of benzene rings is 3. The number of aliphatic hydroxyl groups excluding tert-OH is 1. The van der Waals surface area contributed by atoms with E-state index in [1.807, 2.05) is 55.5 Å². The fraction of sp³-hybridized carbons (Fsp3) is 0.361. The molecule has 0 spiro atoms. The first-order valence-corrected chi connectivity index (χ1v) is 16.0. The highest BCUT2D eigenvalue weighted by Crippen LogP contribution is 2.39. The third-order valence-electron chi connectivity index (χ3n) is 8.57. The third kappa shape index (κ3) is 7.89. The fourth-order valence-corrected chi connectivity index (χ4v) is 6.08. The number of nitrogens with zero attached hydrogens (tertiary/aromatic N) is 4. The van der Waals surface area contributed by atoms with Gasteiger partial charge in [-0.2, -0.15) is 0 Å². The summed E-state index contributed by atoms with van der Waals surface area (Å²) in [5, 5.41) is 15.3. The molecule has 2 saturated heterocycles. The number of piperazine rings is 1. The molecule has 46 heavy (non-hydrogen) atoms. The maximum absolute atomic E-state index is 12.0. The van der Waals surface area contributed by atoms with Crippen molar-refractivity contribution in [2.75, 3.05) is 44.2 Å². The zero-order valence-corrected chi connectivity index (χ0v) is 26.2. The highest BCUT2D eigenvalue weighted by atomic mass is 16.7. The van der Waals surface area contributed by atoms with Crippen LogP contribution < -0.4 is 15.5 Å². The molecule has 0 saturated carbocycles. The second kappa shape index (κ2) is 15.3. The number of rotatable bonds is 10. The van der Waals surface area contributed by atoms with Gasteiger partial charge < -0.3 is 30.1 Å². The van der Waals surface area contributed by atoms with Crippen molar-refractivity contribution < 1.29 is 19.4 Å². The van der Waals surface area contributed by atoms with E-state index in [0.717, 1.165) is 78.5 Å². The molecule has 10 heteroatoms. The maximum atomic E-state index is 12.0. The molecule has 2 fully saturated rings. The SMILES string of the molecule is CCNC(=O)NCc1ccccc1-c1ccc(C2OC(CN3CCN(c4ncccn4)CC3)CC(c3ccc(CO)cc3)O2)cc1. The van der Waals surface area contributed by atoms with Crippen LogP contribution in [0.5, 0.6) is 0 Å². The Balaban J connectivity index is 1.16. The van der Waals surface area contributed by atoms with Gasteiger partial charge >= 0.3 is 6.03 Å². The zero-order chi connectivity index (χ0) is 31.7. The summed E-state index contributed by atoms with van der Waals surface area (Å²) in [6.45, 7) is 7.27. The smallest absolute Gasteiger partial charge is 0.315 e. The third-order valence-corrected chi connectivity index (χ3v) is 8.57. The first-order valence-electron chi connectivity index (χ1n) is 16.0. The number of anilines is 1. The maximum Gasteiger partial charge on any atom is 0.315 e. The van der Waals surface area contributed by atoms with Gasteiger partial charge in [0.25, 0.3) is 0 Å². The molecule has 2 amide bonds. The number of aliphatic hydroxyl groups is 1. The number of amides is 2. The molecule has 0 radical (unpaired) electrons. The quantitative estimate of drug-likeness (QED) is 0.231. The van der Waals surface area contributed by atoms with E-state index in [2.05, 4.69) is 60.7 Å². The Morgan fingerprint density at radius 1 is 0.870 bits per heavy atom. The van der Waals surface area contributed by atoms with Crippen LogP contribution in [0.25, 0.3) is 11.1 Å². The van der Waals surface area contributed by atoms with Crippen molar-refractivity contribution in [3.63, 3.8) is 0 Å². The van der Waals surface area contributed by atoms with E-state index in [-0.39, 0.29) is 24.8 Å². The normalized spacial score (nSPS) is 20.3. The summed E-state index contributed by atoms with van der Waals surface area (Å²) in [7, 11) is 0. The van der Waals surface area contributed by atoms with Crippen LogP contribution in [-0.2, 0) is 22.6 Å². The van der Waals surface area contributed by atoms with Crippen molar-refractivity contribution in [1.82, 2.24) is 25.5 Å². The second-order valence-electron chi connectivity index (χ2n) is 11.7. The van der Waals surface area contributed by atoms with Gasteiger partial charge in [0.15, 0.2) is 6.29 Å². The lowest BCUT2D eigenvalue weighted by molar-refractivity contribution is -0.253. The van der Waals surface area contributed by atoms with Gasteiger partial charge in [-0.25, -0.2) is 14.8 Å². The van der Waals surface area contributed by atoms with Gasteiger partial charge in [-0.1, -0.05) is 72.8 Å². The van der Waals surface area contributed by atoms with E-state index in [9.17, 15) is 9.90 Å². The van der Waals surface area contributed by atoms with Gasteiger partial charge in [0.05, 0.1) is 18.8 Å². The number of carbonyl (C=O) groups excluding carboxylic acids is 1. The van der Waals surface area contributed by atoms with Gasteiger partial charge in [0.2, 0.25) is 5.95 Å². The van der Waals surface area contributed by atoms with Crippen molar-refractivity contribution in [2.45, 2.75) is 45.0 Å². The predicted octanol–water partition coefficient (Wildman–Crippen LogP) is 4.82. The van der Waals surface area contributed by atoms with Crippen LogP contribution in [0.3, 0.4) is 0 Å². The Morgan fingerprint density at radius 3 is 2.30 bits per heavy atom. The Labute approximate surface area is 270 Å². The minimum absolute atomic E-state index is 0.0115. The molecule has 1 aromatic heterocycles. The van der Waals surface area contributed by atoms with Crippen molar-refractivity contribution in [3.8, 4) is 11.1 Å². The van der Waals surface area contributed by atoms with E-state index >= 15 is 0 Å². The molecule has 0 aliphatic carbocycles. The Morgan fingerprint density at radius 2 is 1.59 bits per heavy atom. The van der Waals surface area contributed by atoms with E-state index < -0.39 is 6.29 Å². The largest absolute Gasteiger partial charge is 0.392 e. The topological polar surface area (TPSA) is 112 Å². The molecule has 240 valence electrons. The van der Waals surface area contributed by atoms with E-state index in [0.29, 0.717) is 13.1 Å². The predicted molar refractivity (Wildman–Crippen MR) is 177 cm³/mol. The van der Waals surface area contributed by atoms with Crippen LogP contribution in [0.15, 0.2) is 91.3 Å². The standard InChI is InChI=1S/C36H42N6O4/c1-2-37-36(44)40-23-30-6-3-4-7-32(30)27-12-14-29(15-13-27)34-45-31(22-33(46-34)28-10-8-26(25-43)9-11-28)24-41-18-20-42(21-19-41)35-38-16-5-17-39-35/h3-17,31,33-34,43H,2,18-25H2,1H3,(H2,37,40,44). The molecular weight excluding hydrogens is 580 g/mol. The molecule has 4 aromatic rings. The molecule has 2 aliphatic heterocycles. The minimum atomic E-state index is -0.524. The van der Waals surface area contributed by atoms with Crippen LogP contribution in [0.2, 0.25) is 0 Å². The van der Waals surface area contributed by atoms with E-state index in [1.165, 1.54) is 0 Å². The molecule has 3 N–H and O–H groups in total. The van der Waals surface area contributed by atoms with Crippen molar-refractivity contribution in [1.29, 1.82) is 0 Å². The Bertz CT molecular complexity index is 1550. The summed E-state index contributed by atoms with van der Waals surface area (Å²) in [5.41, 5.74) is 6.07. The molecule has 0 bridgehead atoms. The Kier molecular flexibility index (Phi) is 10.5. The molecule has 6 rings (SSSR count). The zero-order valence-electron chi connectivity index (χ0n) is 26.2. The molecule has 3 atom stereocenters. The van der Waals surface area contributed by atoms with Gasteiger partial charge in [0, 0.05) is 70.2 Å². The summed E-state index contributed by atoms with van der Waals surface area (Å²) in [6.07, 6.45) is 3.62. The average Bonchev–Trinajstić information content (AvgIpc) is 3.12. The first kappa shape index (κ1) is 31.6. The van der Waals surface area contributed by atoms with Crippen LogP contribution >= 0.6 is 0 Å². The summed E-state index contributed by atoms with van der Waals surface area (Å²) >= 11 is 0. The molecule has 3 unspecified atom stereocenters. The van der Waals surface area contributed by atoms with Crippen LogP contribution in [0.1, 0.15) is 48.0 Å². The van der Waals surface area contributed by atoms with Crippen LogP contribution in [0, 0.1) is 0 Å². The highest BCUT2D eigenvalue weighted by Gasteiger charge is 2.34. The number of hydrogen-bond donors (Lipinski definition) is 3. The number of hydrogen-bond acceptors (Lipinski definition) is 8. The van der Waals surface area contributed by atoms with Crippen LogP contribution in [-0.4, -0.2) is 71.4 Å². The lowest BCUT2D eigenvalue weighted by atomic mass is 9.97. The monoisotopic (exact) mass is 622 g/mol. The van der Waals surface area contributed by atoms with E-state index in [1.54, 1.807) is 12.4 Å². The molecule has 3 aromatic carbocycles. The van der Waals surface area contributed by atoms with Crippen molar-refractivity contribution in [3.05, 3.63) is 114 Å². The second-order valence-corrected chi connectivity index (χ2v) is 11.7. The average molecular weight is 623 g/mol. The van der Waals surface area contributed by atoms with Gasteiger partial charge in [-0.05, 0) is 40.8 Å². The van der Waals surface area contributed by atoms with Gasteiger partial charge in [0.1, 0.15) is 0 Å². The molecule has 2 aliphatic rings. The highest BCUT2D eigenvalue weighted by molar-refractivity contribution is 5.74. The van der Waals surface area contributed by atoms with Crippen molar-refractivity contribution in [2.24, 2.45) is 0 Å². The molecule has 3 heterocycles. The van der Waals surface area contributed by atoms with E-state index in [4.69, 9.17) is 9.47 Å². The summed E-state index contributed by atoms with van der Waals surface area (Å²) in [6, 6.07) is 26.1. The lowest BCUT2D eigenvalue weighted by Crippen LogP contribution is -2.50. The number of carbonyl (C=O) groups is 1. The summed E-state index contributed by atoms with van der Waals surface area (Å²) in [5.74, 6) is 0.778. The molecular formula is C36H42N6O4. The van der Waals surface area contributed by atoms with Crippen molar-refractivity contribution >= 4 is 12.0 Å².